The lowest BCUT2D eigenvalue weighted by Gasteiger charge is -2.35. The van der Waals surface area contributed by atoms with E-state index in [1.54, 1.807) is 0 Å². The van der Waals surface area contributed by atoms with E-state index in [4.69, 9.17) is 16.7 Å². The lowest BCUT2D eigenvalue weighted by Crippen LogP contribution is -2.41. The molecule has 2 unspecified atom stereocenters. The number of likely N-dealkylation sites (tertiary alicyclic amines) is 1. The van der Waals surface area contributed by atoms with E-state index in [1.165, 1.54) is 11.3 Å². The molecule has 1 aliphatic rings. The highest BCUT2D eigenvalue weighted by molar-refractivity contribution is 7.13. The van der Waals surface area contributed by atoms with Crippen molar-refractivity contribution in [1.82, 2.24) is 4.90 Å². The number of rotatable bonds is 4. The third-order valence-corrected chi connectivity index (χ3v) is 5.82. The molecule has 1 saturated heterocycles. The van der Waals surface area contributed by atoms with Crippen molar-refractivity contribution in [1.29, 1.82) is 0 Å². The van der Waals surface area contributed by atoms with Gasteiger partial charge in [-0.1, -0.05) is 18.5 Å². The number of nitrogens with zero attached hydrogens (tertiary/aromatic N) is 1. The monoisotopic (exact) mass is 329 g/mol. The molecule has 2 atom stereocenters. The van der Waals surface area contributed by atoms with Crippen LogP contribution in [0.4, 0.5) is 0 Å². The molecule has 0 radical (unpaired) electrons. The molecular weight excluding hydrogens is 310 g/mol. The Bertz CT molecular complexity index is 543. The zero-order chi connectivity index (χ0) is 15.6. The van der Waals surface area contributed by atoms with Gasteiger partial charge >= 0.3 is 5.97 Å². The molecule has 1 amide bonds. The van der Waals surface area contributed by atoms with Crippen LogP contribution in [0.5, 0.6) is 0 Å². The van der Waals surface area contributed by atoms with Crippen LogP contribution in [0.15, 0.2) is 5.38 Å². The molecular formula is C15H20ClNO3S. The minimum absolute atomic E-state index is 0.0228. The van der Waals surface area contributed by atoms with Crippen LogP contribution in [0.2, 0.25) is 5.02 Å². The van der Waals surface area contributed by atoms with E-state index in [-0.39, 0.29) is 24.2 Å². The molecule has 0 spiro atoms. The van der Waals surface area contributed by atoms with E-state index >= 15 is 0 Å². The molecule has 1 aliphatic heterocycles. The van der Waals surface area contributed by atoms with Crippen molar-refractivity contribution in [2.45, 2.75) is 33.1 Å². The van der Waals surface area contributed by atoms with E-state index < -0.39 is 5.97 Å². The molecule has 1 fully saturated rings. The summed E-state index contributed by atoms with van der Waals surface area (Å²) < 4.78 is 0. The third-order valence-electron chi connectivity index (χ3n) is 4.14. The first-order valence-electron chi connectivity index (χ1n) is 7.14. The van der Waals surface area contributed by atoms with Gasteiger partial charge < -0.3 is 10.0 Å². The van der Waals surface area contributed by atoms with Crippen molar-refractivity contribution in [2.75, 3.05) is 13.1 Å². The molecule has 2 rings (SSSR count). The number of carboxylic acids is 1. The van der Waals surface area contributed by atoms with Crippen molar-refractivity contribution in [3.05, 3.63) is 20.8 Å². The van der Waals surface area contributed by atoms with Crippen molar-refractivity contribution >= 4 is 34.8 Å². The van der Waals surface area contributed by atoms with Gasteiger partial charge in [-0.25, -0.2) is 0 Å². The maximum atomic E-state index is 12.6. The summed E-state index contributed by atoms with van der Waals surface area (Å²) in [6.45, 7) is 5.20. The number of thiophene rings is 1. The zero-order valence-electron chi connectivity index (χ0n) is 12.3. The van der Waals surface area contributed by atoms with Crippen LogP contribution in [-0.4, -0.2) is 35.0 Å². The Kier molecular flexibility index (Phi) is 5.27. The average Bonchev–Trinajstić information content (AvgIpc) is 2.78. The highest BCUT2D eigenvalue weighted by Gasteiger charge is 2.30. The summed E-state index contributed by atoms with van der Waals surface area (Å²) in [5.41, 5.74) is 0.929. The van der Waals surface area contributed by atoms with Gasteiger partial charge in [0.25, 0.3) is 5.91 Å². The normalized spacial score (nSPS) is 20.3. The molecule has 116 valence electrons. The lowest BCUT2D eigenvalue weighted by molar-refractivity contribution is -0.138. The number of halogens is 1. The molecule has 6 heteroatoms. The van der Waals surface area contributed by atoms with Gasteiger partial charge in [0, 0.05) is 19.5 Å². The number of carboxylic acid groups (broad SMARTS) is 1. The van der Waals surface area contributed by atoms with E-state index in [1.807, 2.05) is 24.1 Å². The van der Waals surface area contributed by atoms with Gasteiger partial charge in [0.2, 0.25) is 0 Å². The van der Waals surface area contributed by atoms with E-state index in [0.29, 0.717) is 16.4 Å². The number of piperidine rings is 1. The number of carbonyl (C=O) groups is 2. The minimum atomic E-state index is -0.775. The highest BCUT2D eigenvalue weighted by atomic mass is 35.5. The van der Waals surface area contributed by atoms with Gasteiger partial charge in [-0.05, 0) is 42.5 Å². The Morgan fingerprint density at radius 1 is 1.57 bits per heavy atom. The predicted molar refractivity (Wildman–Crippen MR) is 84.1 cm³/mol. The first-order valence-corrected chi connectivity index (χ1v) is 8.40. The second kappa shape index (κ2) is 6.79. The summed E-state index contributed by atoms with van der Waals surface area (Å²) >= 11 is 7.56. The SMILES string of the molecule is Cc1csc(C(=O)N2CCCC(C(C)CC(=O)O)C2)c1Cl. The molecule has 1 aromatic heterocycles. The summed E-state index contributed by atoms with van der Waals surface area (Å²) in [7, 11) is 0. The van der Waals surface area contributed by atoms with Crippen LogP contribution in [0, 0.1) is 18.8 Å². The Balaban J connectivity index is 2.05. The van der Waals surface area contributed by atoms with Crippen LogP contribution >= 0.6 is 22.9 Å². The van der Waals surface area contributed by atoms with Crippen molar-refractivity contribution in [3.63, 3.8) is 0 Å². The van der Waals surface area contributed by atoms with Crippen LogP contribution < -0.4 is 0 Å². The van der Waals surface area contributed by atoms with Crippen LogP contribution in [0.3, 0.4) is 0 Å². The molecule has 1 N–H and O–H groups in total. The topological polar surface area (TPSA) is 57.6 Å². The van der Waals surface area contributed by atoms with Gasteiger partial charge in [-0.3, -0.25) is 9.59 Å². The summed E-state index contributed by atoms with van der Waals surface area (Å²) in [5, 5.41) is 11.4. The number of aryl methyl sites for hydroxylation is 1. The van der Waals surface area contributed by atoms with Crippen LogP contribution in [0.25, 0.3) is 0 Å². The number of amides is 1. The number of hydrogen-bond donors (Lipinski definition) is 1. The molecule has 0 bridgehead atoms. The average molecular weight is 330 g/mol. The lowest BCUT2D eigenvalue weighted by atomic mass is 9.84. The summed E-state index contributed by atoms with van der Waals surface area (Å²) in [6, 6.07) is 0. The number of aliphatic carboxylic acids is 1. The maximum Gasteiger partial charge on any atom is 0.303 e. The fourth-order valence-electron chi connectivity index (χ4n) is 2.82. The van der Waals surface area contributed by atoms with Gasteiger partial charge in [0.15, 0.2) is 0 Å². The molecule has 0 aromatic carbocycles. The Hall–Kier alpha value is -1.07. The highest BCUT2D eigenvalue weighted by Crippen LogP contribution is 2.31. The molecule has 2 heterocycles. The van der Waals surface area contributed by atoms with E-state index in [9.17, 15) is 9.59 Å². The van der Waals surface area contributed by atoms with Gasteiger partial charge in [0.1, 0.15) is 4.88 Å². The quantitative estimate of drug-likeness (QED) is 0.916. The molecule has 4 nitrogen and oxygen atoms in total. The third kappa shape index (κ3) is 3.77. The fraction of sp³-hybridized carbons (Fsp3) is 0.600. The smallest absolute Gasteiger partial charge is 0.303 e. The van der Waals surface area contributed by atoms with Gasteiger partial charge in [-0.2, -0.15) is 0 Å². The summed E-state index contributed by atoms with van der Waals surface area (Å²) in [4.78, 5) is 25.8. The van der Waals surface area contributed by atoms with Crippen molar-refractivity contribution < 1.29 is 14.7 Å². The first kappa shape index (κ1) is 16.3. The van der Waals surface area contributed by atoms with Crippen LogP contribution in [-0.2, 0) is 4.79 Å². The largest absolute Gasteiger partial charge is 0.481 e. The number of carbonyl (C=O) groups excluding carboxylic acids is 1. The predicted octanol–water partition coefficient (Wildman–Crippen LogP) is 3.67. The Morgan fingerprint density at radius 3 is 2.86 bits per heavy atom. The maximum absolute atomic E-state index is 12.6. The standard InChI is InChI=1S/C15H20ClNO3S/c1-9(6-12(18)19)11-4-3-5-17(7-11)15(20)14-13(16)10(2)8-21-14/h8-9,11H,3-7H2,1-2H3,(H,18,19). The molecule has 21 heavy (non-hydrogen) atoms. The van der Waals surface area contributed by atoms with E-state index in [0.717, 1.165) is 24.9 Å². The Labute approximate surface area is 133 Å². The van der Waals surface area contributed by atoms with E-state index in [2.05, 4.69) is 0 Å². The second-order valence-electron chi connectivity index (χ2n) is 5.79. The van der Waals surface area contributed by atoms with Crippen molar-refractivity contribution in [2.24, 2.45) is 11.8 Å². The fourth-order valence-corrected chi connectivity index (χ4v) is 4.06. The summed E-state index contributed by atoms with van der Waals surface area (Å²) in [5.74, 6) is -0.467. The van der Waals surface area contributed by atoms with Crippen LogP contribution in [0.1, 0.15) is 41.4 Å². The zero-order valence-corrected chi connectivity index (χ0v) is 13.8. The molecule has 1 aromatic rings. The minimum Gasteiger partial charge on any atom is -0.481 e. The number of hydrogen-bond acceptors (Lipinski definition) is 3. The molecule has 0 saturated carbocycles. The van der Waals surface area contributed by atoms with Gasteiger partial charge in [0.05, 0.1) is 5.02 Å². The first-order chi connectivity index (χ1) is 9.90. The van der Waals surface area contributed by atoms with Gasteiger partial charge in [-0.15, -0.1) is 11.3 Å². The van der Waals surface area contributed by atoms with Crippen molar-refractivity contribution in [3.8, 4) is 0 Å². The Morgan fingerprint density at radius 2 is 2.29 bits per heavy atom. The second-order valence-corrected chi connectivity index (χ2v) is 7.05. The molecule has 0 aliphatic carbocycles. The summed E-state index contributed by atoms with van der Waals surface area (Å²) in [6.07, 6.45) is 2.06.